The van der Waals surface area contributed by atoms with Crippen LogP contribution in [0.3, 0.4) is 0 Å². The Bertz CT molecular complexity index is 712. The number of nitrogens with one attached hydrogen (secondary N) is 2. The fraction of sp³-hybridized carbons (Fsp3) is 0.652. The predicted molar refractivity (Wildman–Crippen MR) is 120 cm³/mol. The van der Waals surface area contributed by atoms with E-state index in [-0.39, 0.29) is 0 Å². The third-order valence-electron chi connectivity index (χ3n) is 5.80. The fourth-order valence-corrected chi connectivity index (χ4v) is 4.09. The molecular weight excluding hydrogens is 378 g/mol. The van der Waals surface area contributed by atoms with Gasteiger partial charge in [-0.2, -0.15) is 5.26 Å². The van der Waals surface area contributed by atoms with E-state index in [4.69, 9.17) is 9.47 Å². The van der Waals surface area contributed by atoms with Gasteiger partial charge in [-0.3, -0.25) is 4.99 Å². The van der Waals surface area contributed by atoms with E-state index in [1.54, 1.807) is 0 Å². The molecule has 7 nitrogen and oxygen atoms in total. The minimum absolute atomic E-state index is 0.307. The van der Waals surface area contributed by atoms with Crippen molar-refractivity contribution in [3.05, 3.63) is 29.8 Å². The quantitative estimate of drug-likeness (QED) is 0.387. The number of nitrogens with zero attached hydrogens (tertiary/aromatic N) is 3. The van der Waals surface area contributed by atoms with Gasteiger partial charge < -0.3 is 25.0 Å². The van der Waals surface area contributed by atoms with Gasteiger partial charge in [0.05, 0.1) is 11.3 Å². The van der Waals surface area contributed by atoms with Crippen LogP contribution in [0.25, 0.3) is 0 Å². The molecule has 7 heteroatoms. The maximum atomic E-state index is 9.39. The Morgan fingerprint density at radius 3 is 2.93 bits per heavy atom. The Morgan fingerprint density at radius 1 is 1.30 bits per heavy atom. The number of ether oxygens (including phenoxy) is 2. The normalized spacial score (nSPS) is 20.6. The van der Waals surface area contributed by atoms with Crippen LogP contribution in [0, 0.1) is 17.2 Å². The first-order chi connectivity index (χ1) is 14.8. The van der Waals surface area contributed by atoms with E-state index in [0.717, 1.165) is 95.4 Å². The van der Waals surface area contributed by atoms with E-state index in [1.165, 1.54) is 0 Å². The van der Waals surface area contributed by atoms with Crippen molar-refractivity contribution in [2.45, 2.75) is 38.1 Å². The van der Waals surface area contributed by atoms with Crippen molar-refractivity contribution < 1.29 is 9.47 Å². The van der Waals surface area contributed by atoms with Gasteiger partial charge in [-0.15, -0.1) is 0 Å². The van der Waals surface area contributed by atoms with E-state index < -0.39 is 0 Å². The number of rotatable bonds is 8. The second kappa shape index (κ2) is 12.4. The van der Waals surface area contributed by atoms with Crippen molar-refractivity contribution in [1.29, 1.82) is 5.26 Å². The number of benzene rings is 1. The number of piperidine rings is 1. The first-order valence-electron chi connectivity index (χ1n) is 11.2. The highest BCUT2D eigenvalue weighted by atomic mass is 16.5. The third-order valence-corrected chi connectivity index (χ3v) is 5.80. The summed E-state index contributed by atoms with van der Waals surface area (Å²) < 4.78 is 11.2. The standard InChI is InChI=1S/C23H35N5O2/c1-25-23(26-11-5-13-30-18-19-9-14-29-15-10-19)27-21-7-4-12-28(17-21)22-8-3-2-6-20(22)16-24/h2-3,6,8,19,21H,4-5,7,9-15,17-18H2,1H3,(H2,25,26,27). The fourth-order valence-electron chi connectivity index (χ4n) is 4.09. The van der Waals surface area contributed by atoms with E-state index in [1.807, 2.05) is 31.3 Å². The van der Waals surface area contributed by atoms with E-state index in [9.17, 15) is 5.26 Å². The molecule has 0 aromatic heterocycles. The molecule has 0 spiro atoms. The van der Waals surface area contributed by atoms with Gasteiger partial charge in [0.1, 0.15) is 6.07 Å². The maximum Gasteiger partial charge on any atom is 0.191 e. The van der Waals surface area contributed by atoms with Gasteiger partial charge in [0.15, 0.2) is 5.96 Å². The molecule has 1 aromatic rings. The van der Waals surface area contributed by atoms with Crippen LogP contribution in [0.5, 0.6) is 0 Å². The van der Waals surface area contributed by atoms with Crippen molar-refractivity contribution in [3.8, 4) is 6.07 Å². The van der Waals surface area contributed by atoms with Crippen LogP contribution in [0.1, 0.15) is 37.7 Å². The zero-order valence-electron chi connectivity index (χ0n) is 18.1. The largest absolute Gasteiger partial charge is 0.381 e. The van der Waals surface area contributed by atoms with Crippen molar-refractivity contribution in [3.63, 3.8) is 0 Å². The first kappa shape index (κ1) is 22.4. The molecule has 2 N–H and O–H groups in total. The molecule has 0 saturated carbocycles. The molecule has 2 fully saturated rings. The molecule has 2 heterocycles. The predicted octanol–water partition coefficient (Wildman–Crippen LogP) is 2.53. The zero-order chi connectivity index (χ0) is 21.0. The second-order valence-electron chi connectivity index (χ2n) is 8.04. The molecule has 2 saturated heterocycles. The number of guanidine groups is 1. The summed E-state index contributed by atoms with van der Waals surface area (Å²) in [6.45, 7) is 6.04. The Kier molecular flexibility index (Phi) is 9.26. The number of hydrogen-bond donors (Lipinski definition) is 2. The van der Waals surface area contributed by atoms with Gasteiger partial charge in [-0.25, -0.2) is 0 Å². The topological polar surface area (TPSA) is 81.9 Å². The highest BCUT2D eigenvalue weighted by Gasteiger charge is 2.22. The molecule has 0 aliphatic carbocycles. The number of para-hydroxylation sites is 1. The Morgan fingerprint density at radius 2 is 2.13 bits per heavy atom. The lowest BCUT2D eigenvalue weighted by Gasteiger charge is -2.35. The van der Waals surface area contributed by atoms with Gasteiger partial charge in [-0.05, 0) is 50.2 Å². The number of nitriles is 1. The third kappa shape index (κ3) is 6.89. The van der Waals surface area contributed by atoms with Crippen LogP contribution < -0.4 is 15.5 Å². The molecule has 2 aliphatic rings. The molecule has 3 rings (SSSR count). The summed E-state index contributed by atoms with van der Waals surface area (Å²) in [7, 11) is 1.81. The summed E-state index contributed by atoms with van der Waals surface area (Å²) >= 11 is 0. The molecule has 0 radical (unpaired) electrons. The highest BCUT2D eigenvalue weighted by Crippen LogP contribution is 2.23. The van der Waals surface area contributed by atoms with E-state index in [2.05, 4.69) is 26.6 Å². The molecule has 0 amide bonds. The van der Waals surface area contributed by atoms with Crippen LogP contribution in [-0.4, -0.2) is 65.1 Å². The maximum absolute atomic E-state index is 9.39. The van der Waals surface area contributed by atoms with E-state index in [0.29, 0.717) is 12.0 Å². The van der Waals surface area contributed by atoms with Gasteiger partial charge in [0.25, 0.3) is 0 Å². The lowest BCUT2D eigenvalue weighted by molar-refractivity contribution is 0.0203. The minimum atomic E-state index is 0.307. The van der Waals surface area contributed by atoms with Crippen LogP contribution in [0.15, 0.2) is 29.3 Å². The monoisotopic (exact) mass is 413 g/mol. The molecule has 1 unspecified atom stereocenters. The summed E-state index contributed by atoms with van der Waals surface area (Å²) in [5, 5.41) is 16.3. The van der Waals surface area contributed by atoms with Crippen LogP contribution in [0.4, 0.5) is 5.69 Å². The SMILES string of the molecule is CN=C(NCCCOCC1CCOCC1)NC1CCCN(c2ccccc2C#N)C1. The Hall–Kier alpha value is -2.30. The molecule has 1 aromatic carbocycles. The van der Waals surface area contributed by atoms with Gasteiger partial charge in [-0.1, -0.05) is 12.1 Å². The Balaban J connectivity index is 1.36. The molecular formula is C23H35N5O2. The van der Waals surface area contributed by atoms with Gasteiger partial charge >= 0.3 is 0 Å². The van der Waals surface area contributed by atoms with Crippen molar-refractivity contribution in [2.24, 2.45) is 10.9 Å². The smallest absolute Gasteiger partial charge is 0.191 e. The summed E-state index contributed by atoms with van der Waals surface area (Å²) in [4.78, 5) is 6.68. The first-order valence-corrected chi connectivity index (χ1v) is 11.2. The zero-order valence-corrected chi connectivity index (χ0v) is 18.1. The van der Waals surface area contributed by atoms with Crippen molar-refractivity contribution in [2.75, 3.05) is 58.0 Å². The molecule has 30 heavy (non-hydrogen) atoms. The summed E-state index contributed by atoms with van der Waals surface area (Å²) in [5.74, 6) is 1.49. The number of aliphatic imine (C=N–C) groups is 1. The lowest BCUT2D eigenvalue weighted by atomic mass is 10.0. The second-order valence-corrected chi connectivity index (χ2v) is 8.04. The number of anilines is 1. The summed E-state index contributed by atoms with van der Waals surface area (Å²) in [6.07, 6.45) is 5.38. The van der Waals surface area contributed by atoms with Crippen LogP contribution >= 0.6 is 0 Å². The average Bonchev–Trinajstić information content (AvgIpc) is 2.81. The molecule has 1 atom stereocenters. The minimum Gasteiger partial charge on any atom is -0.381 e. The molecule has 164 valence electrons. The Labute approximate surface area is 180 Å². The lowest BCUT2D eigenvalue weighted by Crippen LogP contribution is -2.51. The molecule has 0 bridgehead atoms. The van der Waals surface area contributed by atoms with Gasteiger partial charge in [0.2, 0.25) is 0 Å². The summed E-state index contributed by atoms with van der Waals surface area (Å²) in [5.41, 5.74) is 1.76. The van der Waals surface area contributed by atoms with Crippen LogP contribution in [-0.2, 0) is 9.47 Å². The highest BCUT2D eigenvalue weighted by molar-refractivity contribution is 5.80. The van der Waals surface area contributed by atoms with Crippen molar-refractivity contribution >= 4 is 11.6 Å². The molecule has 2 aliphatic heterocycles. The van der Waals surface area contributed by atoms with Crippen molar-refractivity contribution in [1.82, 2.24) is 10.6 Å². The van der Waals surface area contributed by atoms with E-state index >= 15 is 0 Å². The average molecular weight is 414 g/mol. The summed E-state index contributed by atoms with van der Waals surface area (Å²) in [6, 6.07) is 10.5. The van der Waals surface area contributed by atoms with Gasteiger partial charge in [0, 0.05) is 59.2 Å². The number of hydrogen-bond acceptors (Lipinski definition) is 5. The van der Waals surface area contributed by atoms with Crippen LogP contribution in [0.2, 0.25) is 0 Å².